The van der Waals surface area contributed by atoms with Crippen LogP contribution in [0.3, 0.4) is 0 Å². The summed E-state index contributed by atoms with van der Waals surface area (Å²) in [6.45, 7) is 4.97. The lowest BCUT2D eigenvalue weighted by Gasteiger charge is -2.27. The molecule has 0 spiro atoms. The first-order chi connectivity index (χ1) is 7.25. The normalized spacial score (nSPS) is 16.9. The molecule has 2 nitrogen and oxygen atoms in total. The maximum Gasteiger partial charge on any atom is 0.141 e. The summed E-state index contributed by atoms with van der Waals surface area (Å²) < 4.78 is 12.9. The molecule has 1 fully saturated rings. The Labute approximate surface area is 106 Å². The number of nitrogens with zero attached hydrogens (tertiary/aromatic N) is 1. The zero-order valence-corrected chi connectivity index (χ0v) is 10.5. The molecule has 1 aromatic rings. The fraction of sp³-hybridized carbons (Fsp3) is 0.455. The number of halogens is 3. The first-order valence-corrected chi connectivity index (χ1v) is 5.50. The molecule has 0 aromatic heterocycles. The maximum absolute atomic E-state index is 12.9. The number of benzene rings is 1. The van der Waals surface area contributed by atoms with Crippen molar-refractivity contribution in [3.63, 3.8) is 0 Å². The summed E-state index contributed by atoms with van der Waals surface area (Å²) in [5, 5.41) is 3.50. The van der Waals surface area contributed by atoms with Gasteiger partial charge in [0.2, 0.25) is 0 Å². The molecule has 1 aliphatic heterocycles. The average molecular weight is 265 g/mol. The van der Waals surface area contributed by atoms with Crippen LogP contribution in [0.4, 0.5) is 4.39 Å². The molecule has 0 radical (unpaired) electrons. The van der Waals surface area contributed by atoms with Crippen molar-refractivity contribution >= 4 is 24.0 Å². The second-order valence-corrected chi connectivity index (χ2v) is 4.18. The maximum atomic E-state index is 12.9. The summed E-state index contributed by atoms with van der Waals surface area (Å²) in [7, 11) is 0. The first kappa shape index (κ1) is 13.7. The quantitative estimate of drug-likeness (QED) is 0.882. The lowest BCUT2D eigenvalue weighted by atomic mass is 10.2. The zero-order chi connectivity index (χ0) is 10.7. The molecule has 1 aliphatic rings. The Kier molecular flexibility index (Phi) is 5.49. The van der Waals surface area contributed by atoms with Crippen LogP contribution in [0.25, 0.3) is 0 Å². The van der Waals surface area contributed by atoms with Crippen molar-refractivity contribution in [1.82, 2.24) is 10.2 Å². The largest absolute Gasteiger partial charge is 0.314 e. The van der Waals surface area contributed by atoms with Crippen LogP contribution < -0.4 is 5.32 Å². The molecule has 1 aromatic carbocycles. The standard InChI is InChI=1S/C11H14ClFN2.ClH/c12-10-7-9(1-2-11(10)13)8-15-5-3-14-4-6-15;/h1-2,7,14H,3-6,8H2;1H. The molecule has 0 atom stereocenters. The highest BCUT2D eigenvalue weighted by atomic mass is 35.5. The Balaban J connectivity index is 0.00000128. The highest BCUT2D eigenvalue weighted by molar-refractivity contribution is 6.30. The molecule has 90 valence electrons. The number of hydrogen-bond acceptors (Lipinski definition) is 2. The Bertz CT molecular complexity index is 341. The van der Waals surface area contributed by atoms with Gasteiger partial charge in [0.15, 0.2) is 0 Å². The van der Waals surface area contributed by atoms with Crippen molar-refractivity contribution in [2.45, 2.75) is 6.54 Å². The van der Waals surface area contributed by atoms with Crippen molar-refractivity contribution in [2.24, 2.45) is 0 Å². The van der Waals surface area contributed by atoms with E-state index in [1.165, 1.54) is 6.07 Å². The Morgan fingerprint density at radius 1 is 1.31 bits per heavy atom. The fourth-order valence-electron chi connectivity index (χ4n) is 1.77. The molecule has 1 saturated heterocycles. The third-order valence-corrected chi connectivity index (χ3v) is 2.89. The van der Waals surface area contributed by atoms with E-state index in [0.717, 1.165) is 38.3 Å². The second-order valence-electron chi connectivity index (χ2n) is 3.77. The number of piperazine rings is 1. The SMILES string of the molecule is Cl.Fc1ccc(CN2CCNCC2)cc1Cl. The average Bonchev–Trinajstić information content (AvgIpc) is 2.25. The van der Waals surface area contributed by atoms with Gasteiger partial charge in [-0.2, -0.15) is 0 Å². The zero-order valence-electron chi connectivity index (χ0n) is 8.88. The van der Waals surface area contributed by atoms with Crippen molar-refractivity contribution < 1.29 is 4.39 Å². The minimum Gasteiger partial charge on any atom is -0.314 e. The predicted octanol–water partition coefficient (Wildman–Crippen LogP) is 2.31. The molecule has 0 unspecified atom stereocenters. The van der Waals surface area contributed by atoms with Gasteiger partial charge in [-0.3, -0.25) is 4.90 Å². The molecule has 0 bridgehead atoms. The highest BCUT2D eigenvalue weighted by Gasteiger charge is 2.10. The summed E-state index contributed by atoms with van der Waals surface area (Å²) in [6, 6.07) is 4.93. The van der Waals surface area contributed by atoms with E-state index in [9.17, 15) is 4.39 Å². The van der Waals surface area contributed by atoms with Gasteiger partial charge in [0, 0.05) is 32.7 Å². The van der Waals surface area contributed by atoms with Crippen LogP contribution in [0.15, 0.2) is 18.2 Å². The van der Waals surface area contributed by atoms with E-state index in [-0.39, 0.29) is 23.2 Å². The van der Waals surface area contributed by atoms with E-state index in [1.54, 1.807) is 12.1 Å². The summed E-state index contributed by atoms with van der Waals surface area (Å²) in [5.41, 5.74) is 1.07. The molecular weight excluding hydrogens is 250 g/mol. The molecule has 0 aliphatic carbocycles. The van der Waals surface area contributed by atoms with Gasteiger partial charge in [-0.1, -0.05) is 17.7 Å². The van der Waals surface area contributed by atoms with Crippen molar-refractivity contribution in [1.29, 1.82) is 0 Å². The van der Waals surface area contributed by atoms with Gasteiger partial charge in [-0.25, -0.2) is 4.39 Å². The Hall–Kier alpha value is -0.350. The lowest BCUT2D eigenvalue weighted by molar-refractivity contribution is 0.233. The first-order valence-electron chi connectivity index (χ1n) is 5.13. The smallest absolute Gasteiger partial charge is 0.141 e. The van der Waals surface area contributed by atoms with Crippen LogP contribution in [0.1, 0.15) is 5.56 Å². The molecule has 16 heavy (non-hydrogen) atoms. The van der Waals surface area contributed by atoms with Gasteiger partial charge in [0.1, 0.15) is 5.82 Å². The van der Waals surface area contributed by atoms with Gasteiger partial charge in [-0.15, -0.1) is 12.4 Å². The van der Waals surface area contributed by atoms with Gasteiger partial charge in [0.25, 0.3) is 0 Å². The minimum atomic E-state index is -0.347. The summed E-state index contributed by atoms with van der Waals surface area (Å²) in [4.78, 5) is 2.33. The van der Waals surface area contributed by atoms with Crippen LogP contribution in [0.2, 0.25) is 5.02 Å². The number of rotatable bonds is 2. The molecule has 1 N–H and O–H groups in total. The van der Waals surface area contributed by atoms with E-state index in [4.69, 9.17) is 11.6 Å². The van der Waals surface area contributed by atoms with Gasteiger partial charge in [-0.05, 0) is 17.7 Å². The summed E-state index contributed by atoms with van der Waals surface area (Å²) in [5.74, 6) is -0.347. The lowest BCUT2D eigenvalue weighted by Crippen LogP contribution is -2.42. The monoisotopic (exact) mass is 264 g/mol. The third-order valence-electron chi connectivity index (χ3n) is 2.60. The van der Waals surface area contributed by atoms with E-state index in [0.29, 0.717) is 0 Å². The van der Waals surface area contributed by atoms with Crippen LogP contribution in [0.5, 0.6) is 0 Å². The van der Waals surface area contributed by atoms with Crippen LogP contribution >= 0.6 is 24.0 Å². The number of hydrogen-bond donors (Lipinski definition) is 1. The van der Waals surface area contributed by atoms with Crippen LogP contribution in [-0.4, -0.2) is 31.1 Å². The summed E-state index contributed by atoms with van der Waals surface area (Å²) >= 11 is 5.73. The molecule has 5 heteroatoms. The Morgan fingerprint density at radius 3 is 2.62 bits per heavy atom. The third kappa shape index (κ3) is 3.59. The predicted molar refractivity (Wildman–Crippen MR) is 66.8 cm³/mol. The highest BCUT2D eigenvalue weighted by Crippen LogP contribution is 2.17. The van der Waals surface area contributed by atoms with E-state index in [1.807, 2.05) is 0 Å². The van der Waals surface area contributed by atoms with Crippen molar-refractivity contribution in [3.05, 3.63) is 34.6 Å². The summed E-state index contributed by atoms with van der Waals surface area (Å²) in [6.07, 6.45) is 0. The van der Waals surface area contributed by atoms with E-state index >= 15 is 0 Å². The van der Waals surface area contributed by atoms with E-state index < -0.39 is 0 Å². The van der Waals surface area contributed by atoms with Crippen molar-refractivity contribution in [2.75, 3.05) is 26.2 Å². The molecule has 0 amide bonds. The number of nitrogens with one attached hydrogen (secondary N) is 1. The molecule has 1 heterocycles. The second kappa shape index (κ2) is 6.40. The molecule has 2 rings (SSSR count). The minimum absolute atomic E-state index is 0. The fourth-order valence-corrected chi connectivity index (χ4v) is 1.97. The van der Waals surface area contributed by atoms with Crippen molar-refractivity contribution in [3.8, 4) is 0 Å². The van der Waals surface area contributed by atoms with Gasteiger partial charge in [0.05, 0.1) is 5.02 Å². The Morgan fingerprint density at radius 2 is 2.00 bits per heavy atom. The van der Waals surface area contributed by atoms with Gasteiger partial charge >= 0.3 is 0 Å². The topological polar surface area (TPSA) is 15.3 Å². The van der Waals surface area contributed by atoms with Crippen LogP contribution in [-0.2, 0) is 6.54 Å². The van der Waals surface area contributed by atoms with E-state index in [2.05, 4.69) is 10.2 Å². The molecule has 0 saturated carbocycles. The van der Waals surface area contributed by atoms with Crippen LogP contribution in [0, 0.1) is 5.82 Å². The van der Waals surface area contributed by atoms with Gasteiger partial charge < -0.3 is 5.32 Å². The molecular formula is C11H15Cl2FN2.